The van der Waals surface area contributed by atoms with Gasteiger partial charge in [0.15, 0.2) is 5.03 Å². The lowest BCUT2D eigenvalue weighted by Gasteiger charge is -2.22. The Labute approximate surface area is 100 Å². The maximum absolute atomic E-state index is 12.0. The molecule has 0 aromatic carbocycles. The van der Waals surface area contributed by atoms with E-state index in [1.165, 1.54) is 12.6 Å². The van der Waals surface area contributed by atoms with Gasteiger partial charge in [0.2, 0.25) is 0 Å². The lowest BCUT2D eigenvalue weighted by molar-refractivity contribution is 0.278. The molecule has 1 fully saturated rings. The van der Waals surface area contributed by atoms with E-state index in [9.17, 15) is 8.42 Å². The standard InChI is InChI=1S/C10H17N3O3S/c14-7-8-6-11-12-10(8)17(15,16)13-9-4-2-1-3-5-9/h6,9,13-14H,1-5,7H2,(H,11,12). The molecule has 0 spiro atoms. The lowest BCUT2D eigenvalue weighted by atomic mass is 9.96. The van der Waals surface area contributed by atoms with Crippen LogP contribution in [0.2, 0.25) is 0 Å². The molecule has 0 atom stereocenters. The average molecular weight is 259 g/mol. The van der Waals surface area contributed by atoms with E-state index in [1.807, 2.05) is 0 Å². The molecule has 0 bridgehead atoms. The van der Waals surface area contributed by atoms with Crippen molar-refractivity contribution in [2.75, 3.05) is 0 Å². The third-order valence-electron chi connectivity index (χ3n) is 3.04. The number of nitrogens with zero attached hydrogens (tertiary/aromatic N) is 1. The van der Waals surface area contributed by atoms with Crippen molar-refractivity contribution in [2.45, 2.75) is 49.8 Å². The number of hydrogen-bond acceptors (Lipinski definition) is 4. The average Bonchev–Trinajstić information content (AvgIpc) is 2.78. The van der Waals surface area contributed by atoms with E-state index < -0.39 is 10.0 Å². The zero-order valence-corrected chi connectivity index (χ0v) is 10.3. The number of hydrogen-bond donors (Lipinski definition) is 3. The highest BCUT2D eigenvalue weighted by molar-refractivity contribution is 7.89. The van der Waals surface area contributed by atoms with E-state index >= 15 is 0 Å². The molecule has 1 aromatic heterocycles. The second-order valence-electron chi connectivity index (χ2n) is 4.34. The summed E-state index contributed by atoms with van der Waals surface area (Å²) < 4.78 is 26.8. The summed E-state index contributed by atoms with van der Waals surface area (Å²) in [5, 5.41) is 15.1. The number of H-pyrrole nitrogens is 1. The summed E-state index contributed by atoms with van der Waals surface area (Å²) in [4.78, 5) is 0. The van der Waals surface area contributed by atoms with Crippen LogP contribution in [-0.4, -0.2) is 29.8 Å². The summed E-state index contributed by atoms with van der Waals surface area (Å²) in [6.45, 7) is -0.336. The van der Waals surface area contributed by atoms with Crippen LogP contribution in [0.4, 0.5) is 0 Å². The Morgan fingerprint density at radius 2 is 2.12 bits per heavy atom. The molecule has 0 amide bonds. The summed E-state index contributed by atoms with van der Waals surface area (Å²) in [7, 11) is -3.59. The predicted octanol–water partition coefficient (Wildman–Crippen LogP) is 0.513. The van der Waals surface area contributed by atoms with E-state index in [0.29, 0.717) is 5.56 Å². The van der Waals surface area contributed by atoms with Crippen molar-refractivity contribution < 1.29 is 13.5 Å². The Hall–Kier alpha value is -0.920. The van der Waals surface area contributed by atoms with Crippen molar-refractivity contribution >= 4 is 10.0 Å². The van der Waals surface area contributed by atoms with E-state index in [2.05, 4.69) is 14.9 Å². The van der Waals surface area contributed by atoms with Crippen molar-refractivity contribution in [3.8, 4) is 0 Å². The Morgan fingerprint density at radius 1 is 1.41 bits per heavy atom. The summed E-state index contributed by atoms with van der Waals surface area (Å²) in [6.07, 6.45) is 6.37. The third kappa shape index (κ3) is 2.85. The molecule has 0 radical (unpaired) electrons. The third-order valence-corrected chi connectivity index (χ3v) is 4.58. The highest BCUT2D eigenvalue weighted by Gasteiger charge is 2.25. The number of rotatable bonds is 4. The van der Waals surface area contributed by atoms with Crippen LogP contribution in [0.25, 0.3) is 0 Å². The van der Waals surface area contributed by atoms with Gasteiger partial charge in [0.1, 0.15) is 0 Å². The molecule has 17 heavy (non-hydrogen) atoms. The maximum atomic E-state index is 12.0. The normalized spacial score (nSPS) is 18.4. The molecule has 7 heteroatoms. The molecular formula is C10H17N3O3S. The Bertz CT molecular complexity index is 463. The van der Waals surface area contributed by atoms with Crippen LogP contribution in [0.15, 0.2) is 11.2 Å². The molecule has 1 heterocycles. The summed E-state index contributed by atoms with van der Waals surface area (Å²) in [5.74, 6) is 0. The molecule has 0 aliphatic heterocycles. The maximum Gasteiger partial charge on any atom is 0.258 e. The molecule has 1 aliphatic carbocycles. The number of sulfonamides is 1. The van der Waals surface area contributed by atoms with Gasteiger partial charge in [-0.1, -0.05) is 19.3 Å². The van der Waals surface area contributed by atoms with Crippen molar-refractivity contribution in [3.05, 3.63) is 11.8 Å². The monoisotopic (exact) mass is 259 g/mol. The Morgan fingerprint density at radius 3 is 2.76 bits per heavy atom. The number of aliphatic hydroxyl groups excluding tert-OH is 1. The van der Waals surface area contributed by atoms with Gasteiger partial charge in [0.05, 0.1) is 12.8 Å². The van der Waals surface area contributed by atoms with Crippen molar-refractivity contribution in [3.63, 3.8) is 0 Å². The van der Waals surface area contributed by atoms with Gasteiger partial charge in [0.25, 0.3) is 10.0 Å². The quantitative estimate of drug-likeness (QED) is 0.734. The van der Waals surface area contributed by atoms with Crippen molar-refractivity contribution in [2.24, 2.45) is 0 Å². The van der Waals surface area contributed by atoms with Crippen LogP contribution in [0.5, 0.6) is 0 Å². The summed E-state index contributed by atoms with van der Waals surface area (Å²) in [5.41, 5.74) is 0.299. The minimum Gasteiger partial charge on any atom is -0.392 e. The first-order valence-corrected chi connectivity index (χ1v) is 7.27. The van der Waals surface area contributed by atoms with Gasteiger partial charge in [0, 0.05) is 11.6 Å². The molecule has 0 saturated heterocycles. The van der Waals surface area contributed by atoms with Crippen LogP contribution in [0, 0.1) is 0 Å². The van der Waals surface area contributed by atoms with Crippen LogP contribution < -0.4 is 4.72 Å². The van der Waals surface area contributed by atoms with Gasteiger partial charge in [-0.25, -0.2) is 13.1 Å². The van der Waals surface area contributed by atoms with E-state index in [4.69, 9.17) is 5.11 Å². The van der Waals surface area contributed by atoms with Gasteiger partial charge in [-0.2, -0.15) is 5.10 Å². The highest BCUT2D eigenvalue weighted by atomic mass is 32.2. The molecular weight excluding hydrogens is 242 g/mol. The predicted molar refractivity (Wildman–Crippen MR) is 61.7 cm³/mol. The van der Waals surface area contributed by atoms with Crippen molar-refractivity contribution in [1.82, 2.24) is 14.9 Å². The van der Waals surface area contributed by atoms with Crippen LogP contribution in [-0.2, 0) is 16.6 Å². The van der Waals surface area contributed by atoms with Crippen LogP contribution >= 0.6 is 0 Å². The Balaban J connectivity index is 2.13. The SMILES string of the molecule is O=S(=O)(NC1CCCCC1)c1[nH]ncc1CO. The second-order valence-corrected chi connectivity index (χ2v) is 5.99. The number of aromatic nitrogens is 2. The van der Waals surface area contributed by atoms with Crippen molar-refractivity contribution in [1.29, 1.82) is 0 Å². The number of aromatic amines is 1. The molecule has 1 aromatic rings. The second kappa shape index (κ2) is 5.16. The minimum absolute atomic E-state index is 0.00333. The van der Waals surface area contributed by atoms with Gasteiger partial charge >= 0.3 is 0 Å². The first kappa shape index (κ1) is 12.5. The number of aliphatic hydroxyl groups is 1. The van der Waals surface area contributed by atoms with Crippen LogP contribution in [0.1, 0.15) is 37.7 Å². The van der Waals surface area contributed by atoms with E-state index in [-0.39, 0.29) is 17.7 Å². The Kier molecular flexibility index (Phi) is 3.80. The molecule has 0 unspecified atom stereocenters. The van der Waals surface area contributed by atoms with Gasteiger partial charge < -0.3 is 5.11 Å². The van der Waals surface area contributed by atoms with E-state index in [0.717, 1.165) is 25.7 Å². The highest BCUT2D eigenvalue weighted by Crippen LogP contribution is 2.20. The molecule has 6 nitrogen and oxygen atoms in total. The zero-order chi connectivity index (χ0) is 12.3. The van der Waals surface area contributed by atoms with Crippen LogP contribution in [0.3, 0.4) is 0 Å². The fourth-order valence-corrected chi connectivity index (χ4v) is 3.57. The van der Waals surface area contributed by atoms with E-state index in [1.54, 1.807) is 0 Å². The molecule has 3 N–H and O–H groups in total. The zero-order valence-electron chi connectivity index (χ0n) is 9.52. The summed E-state index contributed by atoms with van der Waals surface area (Å²) in [6, 6.07) is 0.00333. The van der Waals surface area contributed by atoms with Gasteiger partial charge in [-0.15, -0.1) is 0 Å². The topological polar surface area (TPSA) is 95.1 Å². The first-order chi connectivity index (χ1) is 8.13. The minimum atomic E-state index is -3.59. The fraction of sp³-hybridized carbons (Fsp3) is 0.700. The molecule has 1 aliphatic rings. The largest absolute Gasteiger partial charge is 0.392 e. The van der Waals surface area contributed by atoms with Gasteiger partial charge in [-0.05, 0) is 12.8 Å². The van der Waals surface area contributed by atoms with Gasteiger partial charge in [-0.3, -0.25) is 5.10 Å². The lowest BCUT2D eigenvalue weighted by Crippen LogP contribution is -2.36. The smallest absolute Gasteiger partial charge is 0.258 e. The number of nitrogens with one attached hydrogen (secondary N) is 2. The molecule has 96 valence electrons. The first-order valence-electron chi connectivity index (χ1n) is 5.79. The molecule has 2 rings (SSSR count). The summed E-state index contributed by atoms with van der Waals surface area (Å²) >= 11 is 0. The molecule has 1 saturated carbocycles. The fourth-order valence-electron chi connectivity index (χ4n) is 2.14.